The number of benzene rings is 1. The van der Waals surface area contributed by atoms with Crippen LogP contribution >= 0.6 is 0 Å². The molecule has 33 heavy (non-hydrogen) atoms. The van der Waals surface area contributed by atoms with Crippen LogP contribution in [0.3, 0.4) is 0 Å². The number of hydrogen-bond acceptors (Lipinski definition) is 6. The number of fused-ring (bicyclic) bond motifs is 3. The van der Waals surface area contributed by atoms with Crippen molar-refractivity contribution >= 4 is 22.6 Å². The van der Waals surface area contributed by atoms with Crippen LogP contribution in [0.15, 0.2) is 23.1 Å². The van der Waals surface area contributed by atoms with Gasteiger partial charge in [0.2, 0.25) is 5.43 Å². The first kappa shape index (κ1) is 22.3. The van der Waals surface area contributed by atoms with Crippen molar-refractivity contribution in [1.82, 2.24) is 14.4 Å². The first-order valence-corrected chi connectivity index (χ1v) is 11.9. The second kappa shape index (κ2) is 9.04. The van der Waals surface area contributed by atoms with Gasteiger partial charge in [0, 0.05) is 56.4 Å². The maximum atomic E-state index is 15.2. The number of morpholine rings is 1. The Morgan fingerprint density at radius 1 is 1.18 bits per heavy atom. The lowest BCUT2D eigenvalue weighted by Crippen LogP contribution is -2.47. The number of carboxylic acid groups (broad SMARTS) is 1. The van der Waals surface area contributed by atoms with Crippen LogP contribution in [0.4, 0.5) is 10.1 Å². The summed E-state index contributed by atoms with van der Waals surface area (Å²) in [5.74, 6) is -1.75. The number of rotatable bonds is 7. The van der Waals surface area contributed by atoms with Crippen molar-refractivity contribution in [2.45, 2.75) is 38.4 Å². The zero-order chi connectivity index (χ0) is 23.1. The molecule has 5 rings (SSSR count). The summed E-state index contributed by atoms with van der Waals surface area (Å²) in [6.45, 7) is 9.88. The molecule has 2 aromatic rings. The molecular weight excluding hydrogens is 427 g/mol. The Morgan fingerprint density at radius 2 is 1.97 bits per heavy atom. The van der Waals surface area contributed by atoms with Crippen molar-refractivity contribution in [2.75, 3.05) is 57.4 Å². The normalized spacial score (nSPS) is 23.6. The fourth-order valence-electron chi connectivity index (χ4n) is 5.67. The molecular formula is C24H31FN4O4. The van der Waals surface area contributed by atoms with Gasteiger partial charge in [0.25, 0.3) is 0 Å². The maximum Gasteiger partial charge on any atom is 0.341 e. The number of aryl methyl sites for hydroxylation is 1. The molecule has 2 atom stereocenters. The summed E-state index contributed by atoms with van der Waals surface area (Å²) in [7, 11) is 0. The van der Waals surface area contributed by atoms with Crippen LogP contribution in [-0.4, -0.2) is 90.0 Å². The van der Waals surface area contributed by atoms with Gasteiger partial charge >= 0.3 is 5.97 Å². The molecule has 3 fully saturated rings. The molecule has 3 aliphatic rings. The van der Waals surface area contributed by atoms with Gasteiger partial charge in [-0.15, -0.1) is 0 Å². The molecule has 2 bridgehead atoms. The summed E-state index contributed by atoms with van der Waals surface area (Å²) in [4.78, 5) is 31.2. The predicted molar refractivity (Wildman–Crippen MR) is 124 cm³/mol. The SMILES string of the molecule is CCn1cc(C(=O)O)c(=O)c2cc(F)c(N3CC4CC3CN4CCCN3CCOCC3)cc21. The highest BCUT2D eigenvalue weighted by Gasteiger charge is 2.43. The highest BCUT2D eigenvalue weighted by molar-refractivity contribution is 5.93. The lowest BCUT2D eigenvalue weighted by atomic mass is 10.1. The largest absolute Gasteiger partial charge is 0.477 e. The number of likely N-dealkylation sites (tertiary alicyclic amines) is 1. The number of halogens is 1. The third-order valence-electron chi connectivity index (χ3n) is 7.41. The van der Waals surface area contributed by atoms with Crippen molar-refractivity contribution in [2.24, 2.45) is 0 Å². The van der Waals surface area contributed by atoms with Gasteiger partial charge in [-0.25, -0.2) is 9.18 Å². The number of ether oxygens (including phenoxy) is 1. The van der Waals surface area contributed by atoms with Crippen molar-refractivity contribution in [3.05, 3.63) is 39.9 Å². The molecule has 2 unspecified atom stereocenters. The van der Waals surface area contributed by atoms with Crippen LogP contribution in [0, 0.1) is 5.82 Å². The van der Waals surface area contributed by atoms with Crippen molar-refractivity contribution in [3.63, 3.8) is 0 Å². The molecule has 0 amide bonds. The Morgan fingerprint density at radius 3 is 2.64 bits per heavy atom. The molecule has 4 heterocycles. The standard InChI is InChI=1S/C24H31FN4O4/c1-2-27-15-19(24(31)32)23(30)18-11-20(25)22(12-21(18)27)29-14-16-10-17(29)13-28(16)5-3-4-26-6-8-33-9-7-26/h11-12,15-17H,2-10,13-14H2,1H3,(H,31,32). The summed E-state index contributed by atoms with van der Waals surface area (Å²) < 4.78 is 22.3. The number of carbonyl (C=O) groups is 1. The molecule has 3 aliphatic heterocycles. The third-order valence-corrected chi connectivity index (χ3v) is 7.41. The fourth-order valence-corrected chi connectivity index (χ4v) is 5.67. The highest BCUT2D eigenvalue weighted by Crippen LogP contribution is 2.37. The number of aromatic carboxylic acids is 1. The van der Waals surface area contributed by atoms with Crippen LogP contribution in [0.25, 0.3) is 10.9 Å². The van der Waals surface area contributed by atoms with Gasteiger partial charge in [-0.05, 0) is 45.0 Å². The van der Waals surface area contributed by atoms with E-state index in [4.69, 9.17) is 4.74 Å². The number of anilines is 1. The van der Waals surface area contributed by atoms with E-state index in [0.29, 0.717) is 23.8 Å². The van der Waals surface area contributed by atoms with Gasteiger partial charge in [-0.1, -0.05) is 0 Å². The first-order valence-electron chi connectivity index (χ1n) is 11.9. The first-order chi connectivity index (χ1) is 16.0. The average Bonchev–Trinajstić information content (AvgIpc) is 3.40. The number of piperazine rings is 1. The average molecular weight is 459 g/mol. The second-order valence-electron chi connectivity index (χ2n) is 9.28. The Bertz CT molecular complexity index is 1110. The number of hydrogen-bond donors (Lipinski definition) is 1. The fraction of sp³-hybridized carbons (Fsp3) is 0.583. The zero-order valence-corrected chi connectivity index (χ0v) is 19.0. The summed E-state index contributed by atoms with van der Waals surface area (Å²) in [6.07, 6.45) is 3.51. The van der Waals surface area contributed by atoms with E-state index in [1.54, 1.807) is 10.6 Å². The van der Waals surface area contributed by atoms with E-state index in [1.165, 1.54) is 12.3 Å². The quantitative estimate of drug-likeness (QED) is 0.678. The Balaban J connectivity index is 1.31. The third kappa shape index (κ3) is 4.13. The molecule has 1 aromatic carbocycles. The lowest BCUT2D eigenvalue weighted by molar-refractivity contribution is 0.0358. The molecule has 9 heteroatoms. The smallest absolute Gasteiger partial charge is 0.341 e. The molecule has 1 aromatic heterocycles. The zero-order valence-electron chi connectivity index (χ0n) is 19.0. The minimum atomic E-state index is -1.29. The molecule has 0 aliphatic carbocycles. The van der Waals surface area contributed by atoms with E-state index in [2.05, 4.69) is 14.7 Å². The van der Waals surface area contributed by atoms with Gasteiger partial charge in [-0.3, -0.25) is 14.6 Å². The van der Waals surface area contributed by atoms with E-state index in [1.807, 2.05) is 6.92 Å². The number of aromatic nitrogens is 1. The van der Waals surface area contributed by atoms with E-state index in [-0.39, 0.29) is 17.0 Å². The Hall–Kier alpha value is -2.49. The van der Waals surface area contributed by atoms with Gasteiger partial charge in [0.05, 0.1) is 24.4 Å². The number of nitrogens with zero attached hydrogens (tertiary/aromatic N) is 4. The number of carboxylic acids is 1. The van der Waals surface area contributed by atoms with Gasteiger partial charge in [0.1, 0.15) is 11.4 Å². The van der Waals surface area contributed by atoms with E-state index in [9.17, 15) is 14.7 Å². The van der Waals surface area contributed by atoms with E-state index in [0.717, 1.165) is 65.3 Å². The van der Waals surface area contributed by atoms with Crippen LogP contribution in [-0.2, 0) is 11.3 Å². The molecule has 0 radical (unpaired) electrons. The van der Waals surface area contributed by atoms with Crippen molar-refractivity contribution in [1.29, 1.82) is 0 Å². The molecule has 0 spiro atoms. The van der Waals surface area contributed by atoms with Crippen molar-refractivity contribution < 1.29 is 19.0 Å². The minimum Gasteiger partial charge on any atom is -0.477 e. The van der Waals surface area contributed by atoms with Gasteiger partial charge in [-0.2, -0.15) is 0 Å². The van der Waals surface area contributed by atoms with Gasteiger partial charge in [0.15, 0.2) is 0 Å². The van der Waals surface area contributed by atoms with E-state index < -0.39 is 17.2 Å². The molecule has 178 valence electrons. The Kier molecular flexibility index (Phi) is 6.11. The minimum absolute atomic E-state index is 0.118. The predicted octanol–water partition coefficient (Wildman–Crippen LogP) is 1.84. The molecule has 1 N–H and O–H groups in total. The summed E-state index contributed by atoms with van der Waals surface area (Å²) in [6, 6.07) is 3.62. The molecule has 3 saturated heterocycles. The Labute approximate surface area is 192 Å². The lowest BCUT2D eigenvalue weighted by Gasteiger charge is -2.36. The summed E-state index contributed by atoms with van der Waals surface area (Å²) in [5, 5.41) is 9.46. The van der Waals surface area contributed by atoms with Gasteiger partial charge < -0.3 is 19.3 Å². The monoisotopic (exact) mass is 458 g/mol. The second-order valence-corrected chi connectivity index (χ2v) is 9.28. The van der Waals surface area contributed by atoms with E-state index >= 15 is 4.39 Å². The van der Waals surface area contributed by atoms with Crippen LogP contribution in [0.5, 0.6) is 0 Å². The maximum absolute atomic E-state index is 15.2. The summed E-state index contributed by atoms with van der Waals surface area (Å²) >= 11 is 0. The van der Waals surface area contributed by atoms with Crippen molar-refractivity contribution in [3.8, 4) is 0 Å². The number of pyridine rings is 1. The molecule has 0 saturated carbocycles. The summed E-state index contributed by atoms with van der Waals surface area (Å²) in [5.41, 5.74) is 0.119. The van der Waals surface area contributed by atoms with Crippen LogP contribution in [0.2, 0.25) is 0 Å². The van der Waals surface area contributed by atoms with Crippen LogP contribution in [0.1, 0.15) is 30.1 Å². The highest BCUT2D eigenvalue weighted by atomic mass is 19.1. The molecule has 8 nitrogen and oxygen atoms in total. The topological polar surface area (TPSA) is 78.2 Å². The van der Waals surface area contributed by atoms with Crippen LogP contribution < -0.4 is 10.3 Å².